The quantitative estimate of drug-likeness (QED) is 0.0261. The molecule has 9 heteroatoms. The van der Waals surface area contributed by atoms with Crippen molar-refractivity contribution in [2.75, 3.05) is 13.2 Å². The van der Waals surface area contributed by atoms with Gasteiger partial charge < -0.3 is 40.3 Å². The number of carbonyl (C=O) groups is 1. The van der Waals surface area contributed by atoms with Gasteiger partial charge >= 0.3 is 0 Å². The maximum absolute atomic E-state index is 13.0. The highest BCUT2D eigenvalue weighted by atomic mass is 16.7. The molecule has 1 saturated heterocycles. The highest BCUT2D eigenvalue weighted by Gasteiger charge is 2.44. The number of amides is 1. The molecule has 1 fully saturated rings. The molecule has 1 rings (SSSR count). The molecule has 0 aliphatic carbocycles. The number of unbranched alkanes of at least 4 members (excludes halogenated alkanes) is 21. The summed E-state index contributed by atoms with van der Waals surface area (Å²) in [5.41, 5.74) is 0. The Kier molecular flexibility index (Phi) is 51.5. The zero-order valence-electron chi connectivity index (χ0n) is 48.7. The Bertz CT molecular complexity index is 1670. The Morgan fingerprint density at radius 3 is 1.25 bits per heavy atom. The van der Waals surface area contributed by atoms with Crippen LogP contribution in [0, 0.1) is 0 Å². The summed E-state index contributed by atoms with van der Waals surface area (Å²) in [4.78, 5) is 13.0. The normalized spacial score (nSPS) is 19.7. The van der Waals surface area contributed by atoms with Crippen LogP contribution in [0.25, 0.3) is 0 Å². The number of rotatable bonds is 51. The lowest BCUT2D eigenvalue weighted by Crippen LogP contribution is -2.60. The average molecular weight is 1070 g/mol. The van der Waals surface area contributed by atoms with E-state index in [2.05, 4.69) is 141 Å². The largest absolute Gasteiger partial charge is 0.394 e. The van der Waals surface area contributed by atoms with E-state index >= 15 is 0 Å². The van der Waals surface area contributed by atoms with Crippen molar-refractivity contribution in [3.05, 3.63) is 134 Å². The van der Waals surface area contributed by atoms with Gasteiger partial charge in [0.15, 0.2) is 6.29 Å². The molecule has 0 spiro atoms. The third-order valence-electron chi connectivity index (χ3n) is 13.7. The lowest BCUT2D eigenvalue weighted by molar-refractivity contribution is -0.302. The van der Waals surface area contributed by atoms with Crippen LogP contribution in [-0.2, 0) is 14.3 Å². The SMILES string of the molecule is CC/C=C\C/C=C\C/C=C\C/C=C\C/C=C\C/C=C\C/C=C\C/C=C\CCCCCCCCCCCCCCCCCCC(=O)NC(COC1OC(CO)C(O)C(O)C1O)C(O)/C=C/CC/C=C/CC/C=C/CCCCC. The number of hydrogen-bond acceptors (Lipinski definition) is 8. The van der Waals surface area contributed by atoms with Crippen molar-refractivity contribution in [3.63, 3.8) is 0 Å². The summed E-state index contributed by atoms with van der Waals surface area (Å²) in [6.45, 7) is 3.59. The second-order valence-corrected chi connectivity index (χ2v) is 20.7. The topological polar surface area (TPSA) is 149 Å². The van der Waals surface area contributed by atoms with Crippen LogP contribution in [0.4, 0.5) is 0 Å². The van der Waals surface area contributed by atoms with Gasteiger partial charge in [-0.05, 0) is 109 Å². The molecule has 1 aliphatic rings. The Hall–Kier alpha value is -3.67. The lowest BCUT2D eigenvalue weighted by Gasteiger charge is -2.40. The molecule has 438 valence electrons. The molecule has 0 bridgehead atoms. The third-order valence-corrected chi connectivity index (χ3v) is 13.7. The van der Waals surface area contributed by atoms with E-state index in [0.717, 1.165) is 103 Å². The van der Waals surface area contributed by atoms with Crippen LogP contribution in [0.15, 0.2) is 134 Å². The predicted octanol–water partition coefficient (Wildman–Crippen LogP) is 16.1. The van der Waals surface area contributed by atoms with Gasteiger partial charge in [-0.3, -0.25) is 4.79 Å². The highest BCUT2D eigenvalue weighted by molar-refractivity contribution is 5.76. The fourth-order valence-electron chi connectivity index (χ4n) is 8.85. The molecule has 7 unspecified atom stereocenters. The third kappa shape index (κ3) is 44.8. The number of aliphatic hydroxyl groups is 5. The molecule has 1 heterocycles. The fourth-order valence-corrected chi connectivity index (χ4v) is 8.85. The zero-order chi connectivity index (χ0) is 55.8. The zero-order valence-corrected chi connectivity index (χ0v) is 48.7. The first-order valence-corrected chi connectivity index (χ1v) is 30.9. The first kappa shape index (κ1) is 71.3. The summed E-state index contributed by atoms with van der Waals surface area (Å²) in [5.74, 6) is -0.196. The van der Waals surface area contributed by atoms with Gasteiger partial charge in [-0.15, -0.1) is 0 Å². The molecule has 0 saturated carbocycles. The molecule has 77 heavy (non-hydrogen) atoms. The van der Waals surface area contributed by atoms with Crippen LogP contribution in [-0.4, -0.2) is 87.5 Å². The summed E-state index contributed by atoms with van der Waals surface area (Å²) in [5, 5.41) is 54.4. The Morgan fingerprint density at radius 1 is 0.455 bits per heavy atom. The number of aliphatic hydroxyl groups excluding tert-OH is 5. The van der Waals surface area contributed by atoms with Crippen LogP contribution in [0.3, 0.4) is 0 Å². The molecule has 1 amide bonds. The summed E-state index contributed by atoms with van der Waals surface area (Å²) < 4.78 is 11.2. The summed E-state index contributed by atoms with van der Waals surface area (Å²) in [6.07, 6.45) is 78.3. The number of hydrogen-bond donors (Lipinski definition) is 6. The molecule has 1 aliphatic heterocycles. The van der Waals surface area contributed by atoms with E-state index in [-0.39, 0.29) is 12.5 Å². The molecule has 9 nitrogen and oxygen atoms in total. The van der Waals surface area contributed by atoms with E-state index in [9.17, 15) is 30.3 Å². The molecule has 0 aromatic rings. The van der Waals surface area contributed by atoms with Crippen molar-refractivity contribution < 1.29 is 39.8 Å². The van der Waals surface area contributed by atoms with Crippen LogP contribution < -0.4 is 5.32 Å². The molecule has 0 radical (unpaired) electrons. The van der Waals surface area contributed by atoms with Crippen molar-refractivity contribution in [2.45, 2.75) is 275 Å². The van der Waals surface area contributed by atoms with Crippen molar-refractivity contribution >= 4 is 5.91 Å². The molecule has 0 aromatic heterocycles. The van der Waals surface area contributed by atoms with E-state index in [1.54, 1.807) is 6.08 Å². The van der Waals surface area contributed by atoms with Crippen molar-refractivity contribution in [1.82, 2.24) is 5.32 Å². The van der Waals surface area contributed by atoms with Gasteiger partial charge in [0.1, 0.15) is 24.4 Å². The summed E-state index contributed by atoms with van der Waals surface area (Å²) in [6, 6.07) is -0.834. The van der Waals surface area contributed by atoms with Gasteiger partial charge in [0, 0.05) is 6.42 Å². The maximum atomic E-state index is 13.0. The lowest BCUT2D eigenvalue weighted by atomic mass is 9.99. The van der Waals surface area contributed by atoms with Gasteiger partial charge in [0.2, 0.25) is 5.91 Å². The predicted molar refractivity (Wildman–Crippen MR) is 327 cm³/mol. The second-order valence-electron chi connectivity index (χ2n) is 20.7. The first-order valence-electron chi connectivity index (χ1n) is 30.9. The average Bonchev–Trinajstić information content (AvgIpc) is 3.43. The van der Waals surface area contributed by atoms with Crippen molar-refractivity contribution in [2.24, 2.45) is 0 Å². The van der Waals surface area contributed by atoms with Gasteiger partial charge in [0.25, 0.3) is 0 Å². The smallest absolute Gasteiger partial charge is 0.220 e. The van der Waals surface area contributed by atoms with Crippen LogP contribution in [0.1, 0.15) is 232 Å². The fraction of sp³-hybridized carbons (Fsp3) is 0.662. The van der Waals surface area contributed by atoms with Crippen molar-refractivity contribution in [1.29, 1.82) is 0 Å². The molecular weight excluding hydrogens is 959 g/mol. The Labute approximate surface area is 471 Å². The van der Waals surface area contributed by atoms with E-state index in [0.29, 0.717) is 6.42 Å². The van der Waals surface area contributed by atoms with Gasteiger partial charge in [-0.1, -0.05) is 250 Å². The summed E-state index contributed by atoms with van der Waals surface area (Å²) >= 11 is 0. The van der Waals surface area contributed by atoms with Gasteiger partial charge in [0.05, 0.1) is 25.4 Å². The maximum Gasteiger partial charge on any atom is 0.220 e. The van der Waals surface area contributed by atoms with E-state index in [4.69, 9.17) is 9.47 Å². The minimum absolute atomic E-state index is 0.196. The van der Waals surface area contributed by atoms with Crippen LogP contribution >= 0.6 is 0 Å². The van der Waals surface area contributed by atoms with Gasteiger partial charge in [-0.2, -0.15) is 0 Å². The Morgan fingerprint density at radius 2 is 0.818 bits per heavy atom. The van der Waals surface area contributed by atoms with E-state index < -0.39 is 49.5 Å². The Balaban J connectivity index is 2.10. The standard InChI is InChI=1S/C68H113NO8/c1-3-5-7-9-11-13-15-17-18-19-20-21-22-23-24-25-26-27-28-29-30-31-32-33-34-35-36-37-38-39-40-41-42-43-44-46-48-50-52-54-56-58-64(72)69-61(60-76-68-67(75)66(74)65(73)63(59-70)77-68)62(71)57-55-53-51-49-47-45-16-14-12-10-8-6-4-2/h5,7,11-14,17-18,20-21,23-24,26-27,29-30,32-33,47,49,55,57,61-63,65-68,70-71,73-75H,3-4,6,8-10,15-16,19,22,25,28,31,34-46,48,50-54,56,58-60H2,1-2H3,(H,69,72)/b7-5-,13-11-,14-12+,18-17-,21-20-,24-23-,27-26-,30-29-,33-32-,49-47+,57-55+. The van der Waals surface area contributed by atoms with E-state index in [1.165, 1.54) is 109 Å². The number of allylic oxidation sites excluding steroid dienone is 21. The summed E-state index contributed by atoms with van der Waals surface area (Å²) in [7, 11) is 0. The second kappa shape index (κ2) is 55.6. The van der Waals surface area contributed by atoms with Gasteiger partial charge in [-0.25, -0.2) is 0 Å². The van der Waals surface area contributed by atoms with Crippen LogP contribution in [0.2, 0.25) is 0 Å². The van der Waals surface area contributed by atoms with Crippen molar-refractivity contribution in [3.8, 4) is 0 Å². The number of ether oxygens (including phenoxy) is 2. The minimum atomic E-state index is -1.58. The molecule has 0 aromatic carbocycles. The highest BCUT2D eigenvalue weighted by Crippen LogP contribution is 2.23. The first-order chi connectivity index (χ1) is 37.8. The molecule has 6 N–H and O–H groups in total. The molecule has 7 atom stereocenters. The van der Waals surface area contributed by atoms with Crippen LogP contribution in [0.5, 0.6) is 0 Å². The molecular formula is C68H113NO8. The number of nitrogens with one attached hydrogen (secondary N) is 1. The minimum Gasteiger partial charge on any atom is -0.394 e. The number of carbonyl (C=O) groups excluding carboxylic acids is 1. The van der Waals surface area contributed by atoms with E-state index in [1.807, 2.05) is 6.08 Å². The monoisotopic (exact) mass is 1070 g/mol.